The Bertz CT molecular complexity index is 143. The first-order valence-corrected chi connectivity index (χ1v) is 3.91. The molecule has 4 N–H and O–H groups in total. The lowest BCUT2D eigenvalue weighted by Gasteiger charge is -2.36. The summed E-state index contributed by atoms with van der Waals surface area (Å²) in [5.41, 5.74) is 5.59. The van der Waals surface area contributed by atoms with E-state index in [1.54, 1.807) is 0 Å². The van der Waals surface area contributed by atoms with Gasteiger partial charge in [0.2, 0.25) is 0 Å². The van der Waals surface area contributed by atoms with Crippen molar-refractivity contribution in [1.29, 1.82) is 0 Å². The van der Waals surface area contributed by atoms with Crippen molar-refractivity contribution in [2.24, 2.45) is 5.73 Å². The summed E-state index contributed by atoms with van der Waals surface area (Å²) in [4.78, 5) is 0. The zero-order valence-corrected chi connectivity index (χ0v) is 7.01. The molecule has 12 heavy (non-hydrogen) atoms. The molecular formula is C7H15NO4. The van der Waals surface area contributed by atoms with E-state index in [1.165, 1.54) is 7.11 Å². The molecule has 5 heteroatoms. The minimum Gasteiger partial charge on any atom is -0.394 e. The third kappa shape index (κ3) is 1.94. The van der Waals surface area contributed by atoms with Crippen LogP contribution in [0.15, 0.2) is 0 Å². The monoisotopic (exact) mass is 177 g/mol. The van der Waals surface area contributed by atoms with Crippen LogP contribution in [0.2, 0.25) is 0 Å². The van der Waals surface area contributed by atoms with Crippen LogP contribution in [0.5, 0.6) is 0 Å². The third-order valence-corrected chi connectivity index (χ3v) is 2.05. The van der Waals surface area contributed by atoms with Crippen LogP contribution < -0.4 is 5.73 Å². The standard InChI is InChI=1S/C7H15NO4/c1-11-6-2-4(8)7(10)5(3-9)12-6/h4-7,9-10H,2-3,8H2,1H3/t4-,5+,6?,7-/m0/s1. The lowest BCUT2D eigenvalue weighted by Crippen LogP contribution is -2.53. The van der Waals surface area contributed by atoms with Crippen molar-refractivity contribution < 1.29 is 19.7 Å². The number of ether oxygens (including phenoxy) is 2. The molecule has 0 saturated carbocycles. The Hall–Kier alpha value is -0.200. The van der Waals surface area contributed by atoms with E-state index in [4.69, 9.17) is 20.3 Å². The Morgan fingerprint density at radius 2 is 2.33 bits per heavy atom. The summed E-state index contributed by atoms with van der Waals surface area (Å²) in [6, 6.07) is -0.388. The maximum Gasteiger partial charge on any atom is 0.159 e. The van der Waals surface area contributed by atoms with Gasteiger partial charge in [0.05, 0.1) is 12.7 Å². The van der Waals surface area contributed by atoms with Crippen LogP contribution in [0.3, 0.4) is 0 Å². The summed E-state index contributed by atoms with van der Waals surface area (Å²) in [6.07, 6.45) is -1.39. The topological polar surface area (TPSA) is 84.9 Å². The molecule has 1 rings (SSSR count). The first kappa shape index (κ1) is 9.88. The van der Waals surface area contributed by atoms with Crippen LogP contribution in [-0.2, 0) is 9.47 Å². The molecule has 0 aromatic rings. The fraction of sp³-hybridized carbons (Fsp3) is 1.00. The van der Waals surface area contributed by atoms with Gasteiger partial charge < -0.3 is 25.4 Å². The highest BCUT2D eigenvalue weighted by Crippen LogP contribution is 2.18. The van der Waals surface area contributed by atoms with Gasteiger partial charge in [-0.1, -0.05) is 0 Å². The van der Waals surface area contributed by atoms with Gasteiger partial charge in [-0.05, 0) is 0 Å². The molecule has 0 spiro atoms. The van der Waals surface area contributed by atoms with Gasteiger partial charge in [-0.25, -0.2) is 0 Å². The SMILES string of the molecule is COC1C[C@H](N)[C@H](O)[C@@H](CO)O1. The van der Waals surface area contributed by atoms with E-state index in [-0.39, 0.29) is 12.6 Å². The summed E-state index contributed by atoms with van der Waals surface area (Å²) in [5, 5.41) is 18.2. The Morgan fingerprint density at radius 3 is 2.83 bits per heavy atom. The predicted octanol–water partition coefficient (Wildman–Crippen LogP) is -1.57. The molecule has 0 bridgehead atoms. The average Bonchev–Trinajstić information content (AvgIpc) is 2.09. The minimum atomic E-state index is -0.804. The molecule has 0 amide bonds. The molecule has 72 valence electrons. The molecule has 1 aliphatic heterocycles. The smallest absolute Gasteiger partial charge is 0.159 e. The van der Waals surface area contributed by atoms with Crippen molar-refractivity contribution >= 4 is 0 Å². The number of methoxy groups -OCH3 is 1. The van der Waals surface area contributed by atoms with Gasteiger partial charge in [-0.15, -0.1) is 0 Å². The summed E-state index contributed by atoms with van der Waals surface area (Å²) in [5.74, 6) is 0. The largest absolute Gasteiger partial charge is 0.394 e. The van der Waals surface area contributed by atoms with Crippen LogP contribution in [-0.4, -0.2) is 48.5 Å². The molecule has 0 aromatic carbocycles. The van der Waals surface area contributed by atoms with E-state index >= 15 is 0 Å². The molecule has 1 unspecified atom stereocenters. The van der Waals surface area contributed by atoms with Gasteiger partial charge in [0.25, 0.3) is 0 Å². The summed E-state index contributed by atoms with van der Waals surface area (Å²) in [7, 11) is 1.50. The number of rotatable bonds is 2. The van der Waals surface area contributed by atoms with Crippen LogP contribution in [0, 0.1) is 0 Å². The van der Waals surface area contributed by atoms with Crippen molar-refractivity contribution in [1.82, 2.24) is 0 Å². The highest BCUT2D eigenvalue weighted by atomic mass is 16.7. The van der Waals surface area contributed by atoms with E-state index in [9.17, 15) is 5.11 Å². The highest BCUT2D eigenvalue weighted by Gasteiger charge is 2.35. The molecule has 1 aliphatic rings. The molecule has 4 atom stereocenters. The minimum absolute atomic E-state index is 0.241. The quantitative estimate of drug-likeness (QED) is 0.474. The van der Waals surface area contributed by atoms with Crippen LogP contribution >= 0.6 is 0 Å². The van der Waals surface area contributed by atoms with Crippen molar-refractivity contribution in [2.45, 2.75) is 31.0 Å². The molecule has 0 aliphatic carbocycles. The molecular weight excluding hydrogens is 162 g/mol. The fourth-order valence-electron chi connectivity index (χ4n) is 1.27. The van der Waals surface area contributed by atoms with Crippen molar-refractivity contribution in [3.63, 3.8) is 0 Å². The zero-order chi connectivity index (χ0) is 9.14. The van der Waals surface area contributed by atoms with Gasteiger partial charge in [-0.3, -0.25) is 0 Å². The Balaban J connectivity index is 2.52. The van der Waals surface area contributed by atoms with E-state index in [0.717, 1.165) is 0 Å². The van der Waals surface area contributed by atoms with E-state index < -0.39 is 18.5 Å². The first-order valence-electron chi connectivity index (χ1n) is 3.91. The molecule has 0 radical (unpaired) electrons. The molecule has 0 aromatic heterocycles. The summed E-state index contributed by atoms with van der Waals surface area (Å²) >= 11 is 0. The first-order chi connectivity index (χ1) is 5.69. The number of hydrogen-bond acceptors (Lipinski definition) is 5. The third-order valence-electron chi connectivity index (χ3n) is 2.05. The molecule has 1 fully saturated rings. The lowest BCUT2D eigenvalue weighted by atomic mass is 10.0. The number of nitrogens with two attached hydrogens (primary N) is 1. The van der Waals surface area contributed by atoms with Gasteiger partial charge in [0.15, 0.2) is 6.29 Å². The van der Waals surface area contributed by atoms with Gasteiger partial charge in [-0.2, -0.15) is 0 Å². The summed E-state index contributed by atoms with van der Waals surface area (Å²) in [6.45, 7) is -0.241. The average molecular weight is 177 g/mol. The second-order valence-corrected chi connectivity index (χ2v) is 2.91. The number of hydrogen-bond donors (Lipinski definition) is 3. The lowest BCUT2D eigenvalue weighted by molar-refractivity contribution is -0.224. The molecule has 1 heterocycles. The number of aliphatic hydroxyl groups excluding tert-OH is 2. The molecule has 5 nitrogen and oxygen atoms in total. The van der Waals surface area contributed by atoms with E-state index in [1.807, 2.05) is 0 Å². The summed E-state index contributed by atoms with van der Waals surface area (Å²) < 4.78 is 10.1. The maximum absolute atomic E-state index is 9.39. The maximum atomic E-state index is 9.39. The van der Waals surface area contributed by atoms with Crippen LogP contribution in [0.4, 0.5) is 0 Å². The van der Waals surface area contributed by atoms with Crippen molar-refractivity contribution in [3.8, 4) is 0 Å². The molecule has 1 saturated heterocycles. The van der Waals surface area contributed by atoms with Crippen molar-refractivity contribution in [2.75, 3.05) is 13.7 Å². The van der Waals surface area contributed by atoms with E-state index in [2.05, 4.69) is 0 Å². The van der Waals surface area contributed by atoms with Crippen LogP contribution in [0.1, 0.15) is 6.42 Å². The Kier molecular flexibility index (Phi) is 3.42. The zero-order valence-electron chi connectivity index (χ0n) is 7.01. The predicted molar refractivity (Wildman–Crippen MR) is 41.4 cm³/mol. The number of aliphatic hydroxyl groups is 2. The normalized spacial score (nSPS) is 43.0. The fourth-order valence-corrected chi connectivity index (χ4v) is 1.27. The van der Waals surface area contributed by atoms with E-state index in [0.29, 0.717) is 6.42 Å². The van der Waals surface area contributed by atoms with Gasteiger partial charge in [0, 0.05) is 19.6 Å². The van der Waals surface area contributed by atoms with Crippen LogP contribution in [0.25, 0.3) is 0 Å². The second kappa shape index (κ2) is 4.15. The Labute approximate surface area is 71.1 Å². The Morgan fingerprint density at radius 1 is 1.67 bits per heavy atom. The van der Waals surface area contributed by atoms with Gasteiger partial charge >= 0.3 is 0 Å². The van der Waals surface area contributed by atoms with Crippen molar-refractivity contribution in [3.05, 3.63) is 0 Å². The second-order valence-electron chi connectivity index (χ2n) is 2.91. The van der Waals surface area contributed by atoms with Gasteiger partial charge in [0.1, 0.15) is 6.10 Å². The highest BCUT2D eigenvalue weighted by molar-refractivity contribution is 4.84.